The number of hydrogen-bond donors (Lipinski definition) is 1. The van der Waals surface area contributed by atoms with E-state index in [1.165, 1.54) is 10.1 Å². The fourth-order valence-corrected chi connectivity index (χ4v) is 2.88. The lowest BCUT2D eigenvalue weighted by molar-refractivity contribution is 0.203. The number of halogens is 1. The van der Waals surface area contributed by atoms with Gasteiger partial charge in [0.25, 0.3) is 0 Å². The lowest BCUT2D eigenvalue weighted by Crippen LogP contribution is -1.83. The monoisotopic (exact) mass is 256 g/mol. The Bertz CT molecular complexity index is 433. The molecule has 0 aliphatic carbocycles. The molecule has 3 heteroatoms. The van der Waals surface area contributed by atoms with Gasteiger partial charge in [0.2, 0.25) is 0 Å². The van der Waals surface area contributed by atoms with Gasteiger partial charge in [-0.25, -0.2) is 0 Å². The first-order valence-electron chi connectivity index (χ1n) is 4.04. The lowest BCUT2D eigenvalue weighted by atomic mass is 10.2. The predicted octanol–water partition coefficient (Wildman–Crippen LogP) is 3.72. The van der Waals surface area contributed by atoms with Crippen LogP contribution >= 0.6 is 27.3 Å². The predicted molar refractivity (Wildman–Crippen MR) is 60.2 cm³/mol. The minimum absolute atomic E-state index is 0.371. The van der Waals surface area contributed by atoms with Crippen LogP contribution in [0.25, 0.3) is 10.1 Å². The van der Waals surface area contributed by atoms with E-state index in [4.69, 9.17) is 0 Å². The van der Waals surface area contributed by atoms with Gasteiger partial charge in [0.1, 0.15) is 0 Å². The third-order valence-corrected chi connectivity index (χ3v) is 4.20. The largest absolute Gasteiger partial charge is 0.388 e. The SMILES string of the molecule is CC(O)c1cc2cccc(Br)c2s1. The fourth-order valence-electron chi connectivity index (χ4n) is 1.25. The van der Waals surface area contributed by atoms with Crippen molar-refractivity contribution in [3.05, 3.63) is 33.6 Å². The van der Waals surface area contributed by atoms with Crippen LogP contribution < -0.4 is 0 Å². The third-order valence-electron chi connectivity index (χ3n) is 1.93. The molecule has 2 aromatic rings. The van der Waals surface area contributed by atoms with Crippen molar-refractivity contribution in [2.45, 2.75) is 13.0 Å². The summed E-state index contributed by atoms with van der Waals surface area (Å²) in [5.74, 6) is 0. The Hall–Kier alpha value is -0.380. The van der Waals surface area contributed by atoms with Crippen molar-refractivity contribution in [3.8, 4) is 0 Å². The molecule has 1 heterocycles. The minimum atomic E-state index is -0.371. The van der Waals surface area contributed by atoms with Gasteiger partial charge in [0.15, 0.2) is 0 Å². The molecule has 1 N–H and O–H groups in total. The Morgan fingerprint density at radius 1 is 1.46 bits per heavy atom. The first kappa shape index (κ1) is 9.19. The van der Waals surface area contributed by atoms with Crippen LogP contribution in [0, 0.1) is 0 Å². The van der Waals surface area contributed by atoms with Gasteiger partial charge in [-0.05, 0) is 40.4 Å². The van der Waals surface area contributed by atoms with Crippen LogP contribution in [0.15, 0.2) is 28.7 Å². The van der Waals surface area contributed by atoms with Crippen molar-refractivity contribution in [2.75, 3.05) is 0 Å². The third kappa shape index (κ3) is 1.64. The molecule has 0 aliphatic rings. The molecule has 1 nitrogen and oxygen atoms in total. The zero-order chi connectivity index (χ0) is 9.42. The molecule has 0 radical (unpaired) electrons. The van der Waals surface area contributed by atoms with E-state index in [1.54, 1.807) is 18.3 Å². The molecule has 1 atom stereocenters. The van der Waals surface area contributed by atoms with Gasteiger partial charge in [0, 0.05) is 14.0 Å². The molecule has 68 valence electrons. The molecule has 1 aromatic heterocycles. The molecule has 0 saturated carbocycles. The number of thiophene rings is 1. The van der Waals surface area contributed by atoms with Gasteiger partial charge in [-0.15, -0.1) is 11.3 Å². The van der Waals surface area contributed by atoms with E-state index in [2.05, 4.69) is 22.0 Å². The highest BCUT2D eigenvalue weighted by Crippen LogP contribution is 2.34. The van der Waals surface area contributed by atoms with E-state index < -0.39 is 0 Å². The van der Waals surface area contributed by atoms with Crippen molar-refractivity contribution >= 4 is 37.4 Å². The van der Waals surface area contributed by atoms with Crippen molar-refractivity contribution < 1.29 is 5.11 Å². The summed E-state index contributed by atoms with van der Waals surface area (Å²) in [4.78, 5) is 1.02. The highest BCUT2D eigenvalue weighted by Gasteiger charge is 2.07. The Labute approximate surface area is 89.1 Å². The highest BCUT2D eigenvalue weighted by molar-refractivity contribution is 9.10. The van der Waals surface area contributed by atoms with Crippen LogP contribution in [0.1, 0.15) is 17.9 Å². The quantitative estimate of drug-likeness (QED) is 0.825. The van der Waals surface area contributed by atoms with E-state index in [9.17, 15) is 5.11 Å². The summed E-state index contributed by atoms with van der Waals surface area (Å²) in [5.41, 5.74) is 0. The van der Waals surface area contributed by atoms with Crippen molar-refractivity contribution in [3.63, 3.8) is 0 Å². The molecule has 2 rings (SSSR count). The van der Waals surface area contributed by atoms with Crippen molar-refractivity contribution in [1.29, 1.82) is 0 Å². The van der Waals surface area contributed by atoms with Crippen LogP contribution in [-0.4, -0.2) is 5.11 Å². The summed E-state index contributed by atoms with van der Waals surface area (Å²) in [5, 5.41) is 10.6. The van der Waals surface area contributed by atoms with E-state index in [1.807, 2.05) is 18.2 Å². The number of aliphatic hydroxyl groups is 1. The van der Waals surface area contributed by atoms with Crippen LogP contribution in [0.5, 0.6) is 0 Å². The summed E-state index contributed by atoms with van der Waals surface area (Å²) in [7, 11) is 0. The molecule has 0 amide bonds. The Morgan fingerprint density at radius 3 is 2.85 bits per heavy atom. The molecule has 1 aromatic carbocycles. The number of rotatable bonds is 1. The summed E-state index contributed by atoms with van der Waals surface area (Å²) in [6.45, 7) is 1.79. The molecule has 13 heavy (non-hydrogen) atoms. The maximum absolute atomic E-state index is 9.41. The molecule has 0 aliphatic heterocycles. The zero-order valence-corrected chi connectivity index (χ0v) is 9.52. The Kier molecular flexibility index (Phi) is 2.41. The van der Waals surface area contributed by atoms with Crippen molar-refractivity contribution in [1.82, 2.24) is 0 Å². The average molecular weight is 257 g/mol. The normalized spacial score (nSPS) is 13.5. The van der Waals surface area contributed by atoms with E-state index in [-0.39, 0.29) is 6.10 Å². The number of aliphatic hydroxyl groups excluding tert-OH is 1. The van der Waals surface area contributed by atoms with Gasteiger partial charge >= 0.3 is 0 Å². The summed E-state index contributed by atoms with van der Waals surface area (Å²) in [6.07, 6.45) is -0.371. The van der Waals surface area contributed by atoms with Crippen molar-refractivity contribution in [2.24, 2.45) is 0 Å². The first-order chi connectivity index (χ1) is 6.18. The summed E-state index contributed by atoms with van der Waals surface area (Å²) in [6, 6.07) is 8.12. The van der Waals surface area contributed by atoms with Crippen LogP contribution in [0.3, 0.4) is 0 Å². The number of hydrogen-bond acceptors (Lipinski definition) is 2. The molecule has 0 saturated heterocycles. The van der Waals surface area contributed by atoms with E-state index >= 15 is 0 Å². The Morgan fingerprint density at radius 2 is 2.23 bits per heavy atom. The molecule has 0 bridgehead atoms. The molecular formula is C10H9BrOS. The molecular weight excluding hydrogens is 248 g/mol. The van der Waals surface area contributed by atoms with Crippen LogP contribution in [-0.2, 0) is 0 Å². The second kappa shape index (κ2) is 3.40. The number of fused-ring (bicyclic) bond motifs is 1. The van der Waals surface area contributed by atoms with E-state index in [0.29, 0.717) is 0 Å². The second-order valence-electron chi connectivity index (χ2n) is 2.98. The smallest absolute Gasteiger partial charge is 0.0854 e. The fraction of sp³-hybridized carbons (Fsp3) is 0.200. The highest BCUT2D eigenvalue weighted by atomic mass is 79.9. The second-order valence-corrected chi connectivity index (χ2v) is 4.92. The van der Waals surface area contributed by atoms with Crippen LogP contribution in [0.2, 0.25) is 0 Å². The standard InChI is InChI=1S/C10H9BrOS/c1-6(12)9-5-7-3-2-4-8(11)10(7)13-9/h2-6,12H,1H3. The van der Waals surface area contributed by atoms with Gasteiger partial charge in [-0.1, -0.05) is 12.1 Å². The van der Waals surface area contributed by atoms with Gasteiger partial charge in [-0.3, -0.25) is 0 Å². The van der Waals surface area contributed by atoms with E-state index in [0.717, 1.165) is 9.35 Å². The first-order valence-corrected chi connectivity index (χ1v) is 5.65. The summed E-state index contributed by atoms with van der Waals surface area (Å²) < 4.78 is 2.31. The minimum Gasteiger partial charge on any atom is -0.388 e. The molecule has 1 unspecified atom stereocenters. The van der Waals surface area contributed by atoms with Gasteiger partial charge in [-0.2, -0.15) is 0 Å². The van der Waals surface area contributed by atoms with Gasteiger partial charge < -0.3 is 5.11 Å². The maximum atomic E-state index is 9.41. The molecule has 0 spiro atoms. The topological polar surface area (TPSA) is 20.2 Å². The number of benzene rings is 1. The maximum Gasteiger partial charge on any atom is 0.0854 e. The van der Waals surface area contributed by atoms with Crippen LogP contribution in [0.4, 0.5) is 0 Å². The lowest BCUT2D eigenvalue weighted by Gasteiger charge is -1.95. The average Bonchev–Trinajstić information content (AvgIpc) is 2.49. The zero-order valence-electron chi connectivity index (χ0n) is 7.12. The summed E-state index contributed by atoms with van der Waals surface area (Å²) >= 11 is 5.12. The van der Waals surface area contributed by atoms with Gasteiger partial charge in [0.05, 0.1) is 6.10 Å². The Balaban J connectivity index is 2.68. The molecule has 0 fully saturated rings.